The van der Waals surface area contributed by atoms with Crippen molar-refractivity contribution in [2.75, 3.05) is 19.0 Å². The van der Waals surface area contributed by atoms with E-state index in [1.54, 1.807) is 30.3 Å². The number of methoxy groups -OCH3 is 1. The van der Waals surface area contributed by atoms with E-state index in [9.17, 15) is 24.5 Å². The van der Waals surface area contributed by atoms with Crippen LogP contribution in [-0.2, 0) is 25.2 Å². The third kappa shape index (κ3) is 10.1. The molecule has 292 valence electrons. The first-order valence-electron chi connectivity index (χ1n) is 17.7. The van der Waals surface area contributed by atoms with E-state index < -0.39 is 55.5 Å². The summed E-state index contributed by atoms with van der Waals surface area (Å²) in [4.78, 5) is 54.8. The van der Waals surface area contributed by atoms with Crippen molar-refractivity contribution in [2.45, 2.75) is 83.4 Å². The number of nitro groups is 1. The van der Waals surface area contributed by atoms with Crippen LogP contribution in [0.2, 0.25) is 18.1 Å². The van der Waals surface area contributed by atoms with Gasteiger partial charge in [-0.25, -0.2) is 9.59 Å². The van der Waals surface area contributed by atoms with Crippen LogP contribution in [0, 0.1) is 10.1 Å². The van der Waals surface area contributed by atoms with Crippen LogP contribution in [0.1, 0.15) is 67.9 Å². The average Bonchev–Trinajstić information content (AvgIpc) is 3.54. The highest BCUT2D eigenvalue weighted by Gasteiger charge is 2.44. The highest BCUT2D eigenvalue weighted by molar-refractivity contribution is 6.74. The normalized spacial score (nSPS) is 17.5. The molecule has 1 aliphatic heterocycles. The van der Waals surface area contributed by atoms with Gasteiger partial charge in [-0.1, -0.05) is 69.3 Å². The van der Waals surface area contributed by atoms with Gasteiger partial charge in [0.15, 0.2) is 19.8 Å². The summed E-state index contributed by atoms with van der Waals surface area (Å²) in [7, 11) is -0.890. The average molecular weight is 775 g/mol. The van der Waals surface area contributed by atoms with Crippen molar-refractivity contribution in [2.24, 2.45) is 0 Å². The first kappa shape index (κ1) is 40.6. The number of benzene rings is 3. The van der Waals surface area contributed by atoms with Gasteiger partial charge in [0, 0.05) is 18.2 Å². The van der Waals surface area contributed by atoms with Crippen LogP contribution in [0.15, 0.2) is 89.9 Å². The quantitative estimate of drug-likeness (QED) is 0.0575. The van der Waals surface area contributed by atoms with Gasteiger partial charge in [-0.3, -0.25) is 19.5 Å². The number of rotatable bonds is 14. The molecule has 55 heavy (non-hydrogen) atoms. The zero-order valence-electron chi connectivity index (χ0n) is 31.8. The van der Waals surface area contributed by atoms with E-state index in [1.165, 1.54) is 43.0 Å². The van der Waals surface area contributed by atoms with Crippen LogP contribution in [0.5, 0.6) is 11.5 Å². The summed E-state index contributed by atoms with van der Waals surface area (Å²) in [5.41, 5.74) is 0.268. The Morgan fingerprint density at radius 3 is 2.35 bits per heavy atom. The molecule has 0 bridgehead atoms. The molecule has 1 aliphatic rings. The van der Waals surface area contributed by atoms with Gasteiger partial charge in [-0.05, 0) is 54.9 Å². The zero-order chi connectivity index (χ0) is 39.9. The molecule has 0 unspecified atom stereocenters. The Morgan fingerprint density at radius 1 is 1.05 bits per heavy atom. The first-order valence-corrected chi connectivity index (χ1v) is 20.6. The molecule has 0 aliphatic carbocycles. The van der Waals surface area contributed by atoms with Gasteiger partial charge in [0.1, 0.15) is 37.0 Å². The fraction of sp³-hybridized carbons (Fsp3) is 0.385. The minimum atomic E-state index is -2.29. The molecular weight excluding hydrogens is 729 g/mol. The second-order valence-electron chi connectivity index (χ2n) is 14.5. The molecule has 1 aromatic heterocycles. The van der Waals surface area contributed by atoms with Gasteiger partial charge in [0.05, 0.1) is 30.3 Å². The SMILES string of the molecule is COc1cc([C@@H](C)OC(=O)O[C@H]2C[C@H](n3ccc(NC(=O)c4ccccc4)nc3=O)O[C@@H]2CO[Si](C)(C)C(C)(C)C)c([N+](=O)[O-])cc1OCc1ccccc1. The number of nitrogens with one attached hydrogen (secondary N) is 1. The van der Waals surface area contributed by atoms with Crippen LogP contribution in [0.3, 0.4) is 0 Å². The first-order chi connectivity index (χ1) is 26.1. The molecular formula is C39H46N4O11Si. The van der Waals surface area contributed by atoms with Gasteiger partial charge in [-0.2, -0.15) is 4.98 Å². The van der Waals surface area contributed by atoms with Crippen molar-refractivity contribution in [3.8, 4) is 11.5 Å². The highest BCUT2D eigenvalue weighted by atomic mass is 28.4. The maximum absolute atomic E-state index is 13.3. The highest BCUT2D eigenvalue weighted by Crippen LogP contribution is 2.40. The monoisotopic (exact) mass is 774 g/mol. The van der Waals surface area contributed by atoms with Crippen LogP contribution in [0.25, 0.3) is 0 Å². The van der Waals surface area contributed by atoms with Crippen LogP contribution < -0.4 is 20.5 Å². The molecule has 0 radical (unpaired) electrons. The Hall–Kier alpha value is -5.58. The van der Waals surface area contributed by atoms with E-state index >= 15 is 0 Å². The molecule has 1 fully saturated rings. The van der Waals surface area contributed by atoms with Crippen molar-refractivity contribution in [1.29, 1.82) is 0 Å². The Morgan fingerprint density at radius 2 is 1.73 bits per heavy atom. The summed E-state index contributed by atoms with van der Waals surface area (Å²) in [5.74, 6) is -0.0214. The largest absolute Gasteiger partial charge is 0.509 e. The maximum Gasteiger partial charge on any atom is 0.509 e. The van der Waals surface area contributed by atoms with Gasteiger partial charge in [0.25, 0.3) is 11.6 Å². The molecule has 3 aromatic carbocycles. The lowest BCUT2D eigenvalue weighted by molar-refractivity contribution is -0.386. The number of nitrogens with zero attached hydrogens (tertiary/aromatic N) is 3. The van der Waals surface area contributed by atoms with E-state index in [4.69, 9.17) is 28.1 Å². The minimum Gasteiger partial charge on any atom is -0.493 e. The summed E-state index contributed by atoms with van der Waals surface area (Å²) in [6.45, 7) is 12.1. The van der Waals surface area contributed by atoms with Gasteiger partial charge >= 0.3 is 11.8 Å². The lowest BCUT2D eigenvalue weighted by atomic mass is 10.1. The summed E-state index contributed by atoms with van der Waals surface area (Å²) < 4.78 is 36.6. The van der Waals surface area contributed by atoms with Crippen molar-refractivity contribution in [3.63, 3.8) is 0 Å². The standard InChI is InChI=1S/C39H46N4O11Si/c1-25(28-20-30(49-5)31(21-29(28)43(47)48)50-23-26-14-10-8-11-15-26)52-38(46)54-32-22-35(53-33(32)24-51-55(6,7)39(2,3)4)42-19-18-34(41-37(42)45)40-36(44)27-16-12-9-13-17-27/h8-21,25,32-33,35H,22-24H2,1-7H3,(H,40,41,44,45)/t25-,32+,33-,35-/m1/s1. The fourth-order valence-electron chi connectivity index (χ4n) is 5.55. The fourth-order valence-corrected chi connectivity index (χ4v) is 6.56. The number of amides is 1. The van der Waals surface area contributed by atoms with E-state index in [2.05, 4.69) is 44.2 Å². The summed E-state index contributed by atoms with van der Waals surface area (Å²) in [6.07, 6.45) is -3.42. The number of hydrogen-bond donors (Lipinski definition) is 1. The molecule has 15 nitrogen and oxygen atoms in total. The Balaban J connectivity index is 1.32. The summed E-state index contributed by atoms with van der Waals surface area (Å²) in [6, 6.07) is 21.9. The molecule has 5 rings (SSSR count). The lowest BCUT2D eigenvalue weighted by Crippen LogP contribution is -2.44. The number of nitro benzene ring substituents is 1. The number of hydrogen-bond acceptors (Lipinski definition) is 12. The van der Waals surface area contributed by atoms with Gasteiger partial charge in [0.2, 0.25) is 0 Å². The smallest absolute Gasteiger partial charge is 0.493 e. The second kappa shape index (κ2) is 17.3. The Kier molecular flexibility index (Phi) is 12.7. The minimum absolute atomic E-state index is 0.0355. The van der Waals surface area contributed by atoms with Crippen LogP contribution in [-0.4, -0.2) is 60.8 Å². The van der Waals surface area contributed by atoms with Crippen LogP contribution in [0.4, 0.5) is 16.3 Å². The zero-order valence-corrected chi connectivity index (χ0v) is 32.8. The molecule has 0 spiro atoms. The summed E-state index contributed by atoms with van der Waals surface area (Å²) in [5, 5.41) is 14.7. The van der Waals surface area contributed by atoms with E-state index in [0.717, 1.165) is 5.56 Å². The van der Waals surface area contributed by atoms with E-state index in [1.807, 2.05) is 30.3 Å². The van der Waals surface area contributed by atoms with Crippen molar-refractivity contribution >= 4 is 31.9 Å². The predicted octanol–water partition coefficient (Wildman–Crippen LogP) is 7.58. The predicted molar refractivity (Wildman–Crippen MR) is 205 cm³/mol. The molecule has 2 heterocycles. The van der Waals surface area contributed by atoms with E-state index in [-0.39, 0.29) is 53.2 Å². The third-order valence-electron chi connectivity index (χ3n) is 9.72. The Labute approximate surface area is 319 Å². The molecule has 16 heteroatoms. The van der Waals surface area contributed by atoms with Gasteiger partial charge in [-0.15, -0.1) is 0 Å². The third-order valence-corrected chi connectivity index (χ3v) is 14.2. The molecule has 4 aromatic rings. The molecule has 4 atom stereocenters. The van der Waals surface area contributed by atoms with Crippen molar-refractivity contribution in [3.05, 3.63) is 122 Å². The number of carbonyl (C=O) groups excluding carboxylic acids is 2. The number of ether oxygens (including phenoxy) is 5. The Bertz CT molecular complexity index is 2040. The van der Waals surface area contributed by atoms with Crippen LogP contribution >= 0.6 is 0 Å². The number of anilines is 1. The second-order valence-corrected chi connectivity index (χ2v) is 19.3. The van der Waals surface area contributed by atoms with Gasteiger partial charge < -0.3 is 33.4 Å². The molecule has 1 amide bonds. The summed E-state index contributed by atoms with van der Waals surface area (Å²) >= 11 is 0. The van der Waals surface area contributed by atoms with Crippen molar-refractivity contribution in [1.82, 2.24) is 9.55 Å². The molecule has 1 saturated heterocycles. The molecule has 1 N–H and O–H groups in total. The van der Waals surface area contributed by atoms with E-state index in [0.29, 0.717) is 5.56 Å². The molecule has 0 saturated carbocycles. The van der Waals surface area contributed by atoms with Crippen molar-refractivity contribution < 1.29 is 42.6 Å². The maximum atomic E-state index is 13.3. The number of carbonyl (C=O) groups is 2. The lowest BCUT2D eigenvalue weighted by Gasteiger charge is -2.37. The topological polar surface area (TPSA) is 180 Å². The number of aromatic nitrogens is 2.